The summed E-state index contributed by atoms with van der Waals surface area (Å²) >= 11 is 0. The van der Waals surface area contributed by atoms with Crippen molar-refractivity contribution in [1.82, 2.24) is 5.32 Å². The predicted molar refractivity (Wildman–Crippen MR) is 70.9 cm³/mol. The molecule has 0 radical (unpaired) electrons. The van der Waals surface area contributed by atoms with Crippen molar-refractivity contribution in [2.75, 3.05) is 13.1 Å². The lowest BCUT2D eigenvalue weighted by Crippen LogP contribution is -2.31. The second-order valence-corrected chi connectivity index (χ2v) is 3.97. The van der Waals surface area contributed by atoms with Gasteiger partial charge < -0.3 is 11.1 Å². The van der Waals surface area contributed by atoms with Crippen molar-refractivity contribution in [1.29, 1.82) is 0 Å². The van der Waals surface area contributed by atoms with E-state index in [1.807, 2.05) is 6.92 Å². The Morgan fingerprint density at radius 2 is 2.21 bits per heavy atom. The summed E-state index contributed by atoms with van der Waals surface area (Å²) in [6.07, 6.45) is 0. The maximum absolute atomic E-state index is 13.0. The molecule has 0 saturated heterocycles. The van der Waals surface area contributed by atoms with Crippen molar-refractivity contribution < 1.29 is 14.1 Å². The Bertz CT molecular complexity index is 470. The highest BCUT2D eigenvalue weighted by Gasteiger charge is 2.20. The Hall–Kier alpha value is -1.73. The van der Waals surface area contributed by atoms with Crippen LogP contribution in [0.5, 0.6) is 0 Å². The molecule has 0 aliphatic rings. The van der Waals surface area contributed by atoms with E-state index in [0.29, 0.717) is 6.54 Å². The first-order valence-electron chi connectivity index (χ1n) is 5.38. The number of rotatable bonds is 5. The molecular weight excluding hydrogens is 277 g/mol. The lowest BCUT2D eigenvalue weighted by Gasteiger charge is -2.10. The average molecular weight is 292 g/mol. The number of nitrogens with zero attached hydrogens (tertiary/aromatic N) is 1. The van der Waals surface area contributed by atoms with Gasteiger partial charge in [-0.15, -0.1) is 12.4 Å². The summed E-state index contributed by atoms with van der Waals surface area (Å²) in [5.41, 5.74) is 4.67. The Morgan fingerprint density at radius 3 is 2.74 bits per heavy atom. The highest BCUT2D eigenvalue weighted by molar-refractivity contribution is 5.98. The molecule has 0 aliphatic carbocycles. The lowest BCUT2D eigenvalue weighted by atomic mass is 10.1. The fourth-order valence-electron chi connectivity index (χ4n) is 1.29. The van der Waals surface area contributed by atoms with Crippen LogP contribution in [0.15, 0.2) is 18.2 Å². The molecule has 1 rings (SSSR count). The smallest absolute Gasteiger partial charge is 0.282 e. The number of nitro benzene ring substituents is 1. The Kier molecular flexibility index (Phi) is 6.95. The van der Waals surface area contributed by atoms with Crippen LogP contribution in [0, 0.1) is 21.8 Å². The van der Waals surface area contributed by atoms with Crippen LogP contribution in [0.2, 0.25) is 0 Å². The fourth-order valence-corrected chi connectivity index (χ4v) is 1.29. The quantitative estimate of drug-likeness (QED) is 0.634. The summed E-state index contributed by atoms with van der Waals surface area (Å²) in [7, 11) is 0. The van der Waals surface area contributed by atoms with Gasteiger partial charge in [-0.05, 0) is 24.6 Å². The van der Waals surface area contributed by atoms with Crippen LogP contribution in [0.3, 0.4) is 0 Å². The first-order chi connectivity index (χ1) is 8.45. The zero-order valence-corrected chi connectivity index (χ0v) is 11.1. The van der Waals surface area contributed by atoms with Crippen molar-refractivity contribution in [2.24, 2.45) is 11.7 Å². The number of benzene rings is 1. The van der Waals surface area contributed by atoms with Gasteiger partial charge in [-0.1, -0.05) is 6.92 Å². The van der Waals surface area contributed by atoms with Crippen molar-refractivity contribution in [3.05, 3.63) is 39.7 Å². The Morgan fingerprint density at radius 1 is 1.58 bits per heavy atom. The number of hydrogen-bond donors (Lipinski definition) is 2. The van der Waals surface area contributed by atoms with Crippen molar-refractivity contribution in [2.45, 2.75) is 6.92 Å². The highest BCUT2D eigenvalue weighted by Crippen LogP contribution is 2.19. The van der Waals surface area contributed by atoms with Gasteiger partial charge in [0.15, 0.2) is 0 Å². The highest BCUT2D eigenvalue weighted by atomic mass is 35.5. The molecule has 19 heavy (non-hydrogen) atoms. The van der Waals surface area contributed by atoms with E-state index in [-0.39, 0.29) is 30.4 Å². The molecule has 1 unspecified atom stereocenters. The zero-order chi connectivity index (χ0) is 13.7. The third kappa shape index (κ3) is 4.80. The molecule has 1 aromatic rings. The molecule has 0 bridgehead atoms. The van der Waals surface area contributed by atoms with Gasteiger partial charge in [-0.3, -0.25) is 14.9 Å². The van der Waals surface area contributed by atoms with Crippen molar-refractivity contribution in [3.8, 4) is 0 Å². The van der Waals surface area contributed by atoms with E-state index in [1.165, 1.54) is 0 Å². The normalized spacial score (nSPS) is 11.3. The largest absolute Gasteiger partial charge is 0.351 e. The average Bonchev–Trinajstić information content (AvgIpc) is 2.34. The van der Waals surface area contributed by atoms with Crippen LogP contribution in [0.4, 0.5) is 10.1 Å². The topological polar surface area (TPSA) is 98.3 Å². The second kappa shape index (κ2) is 7.65. The van der Waals surface area contributed by atoms with Crippen LogP contribution in [0.25, 0.3) is 0 Å². The molecule has 1 atom stereocenters. The summed E-state index contributed by atoms with van der Waals surface area (Å²) in [6, 6.07) is 2.76. The van der Waals surface area contributed by atoms with Gasteiger partial charge in [0.05, 0.1) is 4.92 Å². The number of halogens is 2. The molecule has 106 valence electrons. The number of amides is 1. The van der Waals surface area contributed by atoms with Gasteiger partial charge in [0.2, 0.25) is 0 Å². The van der Waals surface area contributed by atoms with Crippen LogP contribution in [-0.4, -0.2) is 23.9 Å². The van der Waals surface area contributed by atoms with Gasteiger partial charge in [0.25, 0.3) is 11.6 Å². The van der Waals surface area contributed by atoms with Gasteiger partial charge in [0, 0.05) is 12.6 Å². The number of hydrogen-bond acceptors (Lipinski definition) is 4. The molecule has 0 saturated carbocycles. The monoisotopic (exact) mass is 291 g/mol. The number of nitro groups is 1. The molecule has 0 aliphatic heterocycles. The third-order valence-corrected chi connectivity index (χ3v) is 2.41. The molecule has 1 aromatic carbocycles. The fraction of sp³-hybridized carbons (Fsp3) is 0.364. The van der Waals surface area contributed by atoms with Crippen LogP contribution < -0.4 is 11.1 Å². The van der Waals surface area contributed by atoms with E-state index >= 15 is 0 Å². The van der Waals surface area contributed by atoms with Crippen molar-refractivity contribution >= 4 is 24.0 Å². The Labute approximate surface area is 115 Å². The minimum Gasteiger partial charge on any atom is -0.351 e. The number of nitrogens with two attached hydrogens (primary N) is 1. The number of carbonyl (C=O) groups is 1. The van der Waals surface area contributed by atoms with E-state index in [4.69, 9.17) is 5.73 Å². The number of carbonyl (C=O) groups excluding carboxylic acids is 1. The molecule has 3 N–H and O–H groups in total. The zero-order valence-electron chi connectivity index (χ0n) is 10.3. The number of nitrogens with one attached hydrogen (secondary N) is 1. The summed E-state index contributed by atoms with van der Waals surface area (Å²) in [6.45, 7) is 2.48. The second-order valence-electron chi connectivity index (χ2n) is 3.97. The summed E-state index contributed by atoms with van der Waals surface area (Å²) in [4.78, 5) is 21.7. The van der Waals surface area contributed by atoms with Crippen LogP contribution in [-0.2, 0) is 0 Å². The molecule has 0 aromatic heterocycles. The van der Waals surface area contributed by atoms with E-state index in [0.717, 1.165) is 18.2 Å². The first-order valence-corrected chi connectivity index (χ1v) is 5.38. The maximum Gasteiger partial charge on any atom is 0.282 e. The van der Waals surface area contributed by atoms with Gasteiger partial charge >= 0.3 is 0 Å². The summed E-state index contributed by atoms with van der Waals surface area (Å²) in [5, 5.41) is 13.2. The van der Waals surface area contributed by atoms with Crippen molar-refractivity contribution in [3.63, 3.8) is 0 Å². The molecular formula is C11H15ClFN3O3. The molecule has 6 nitrogen and oxygen atoms in total. The molecule has 0 fully saturated rings. The standard InChI is InChI=1S/C11H14FN3O3.ClH/c1-7(5-13)6-14-11(16)9-4-8(12)2-3-10(9)15(17)18;/h2-4,7H,5-6,13H2,1H3,(H,14,16);1H. The van der Waals surface area contributed by atoms with Gasteiger partial charge in [0.1, 0.15) is 11.4 Å². The summed E-state index contributed by atoms with van der Waals surface area (Å²) < 4.78 is 13.0. The molecule has 0 spiro atoms. The molecule has 1 amide bonds. The van der Waals surface area contributed by atoms with E-state index in [2.05, 4.69) is 5.32 Å². The summed E-state index contributed by atoms with van der Waals surface area (Å²) in [5.74, 6) is -1.33. The minimum absolute atomic E-state index is 0. The third-order valence-electron chi connectivity index (χ3n) is 2.41. The van der Waals surface area contributed by atoms with Gasteiger partial charge in [-0.2, -0.15) is 0 Å². The minimum atomic E-state index is -0.722. The Balaban J connectivity index is 0.00000324. The van der Waals surface area contributed by atoms with E-state index in [1.54, 1.807) is 0 Å². The molecule has 0 heterocycles. The maximum atomic E-state index is 13.0. The van der Waals surface area contributed by atoms with Gasteiger partial charge in [-0.25, -0.2) is 4.39 Å². The SMILES string of the molecule is CC(CN)CNC(=O)c1cc(F)ccc1[N+](=O)[O-].Cl. The van der Waals surface area contributed by atoms with E-state index < -0.39 is 22.3 Å². The lowest BCUT2D eigenvalue weighted by molar-refractivity contribution is -0.385. The van der Waals surface area contributed by atoms with Crippen LogP contribution in [0.1, 0.15) is 17.3 Å². The van der Waals surface area contributed by atoms with Crippen LogP contribution >= 0.6 is 12.4 Å². The first kappa shape index (κ1) is 17.3. The predicted octanol–water partition coefficient (Wildman–Crippen LogP) is 1.48. The molecule has 8 heteroatoms. The van der Waals surface area contributed by atoms with E-state index in [9.17, 15) is 19.3 Å².